The molecular weight excluding hydrogens is 244 g/mol. The number of hydrogen-bond acceptors (Lipinski definition) is 3. The number of nitrogens with one attached hydrogen (secondary N) is 1. The predicted molar refractivity (Wildman–Crippen MR) is 78.8 cm³/mol. The molecule has 4 N–H and O–H groups in total. The third-order valence-electron chi connectivity index (χ3n) is 3.51. The normalized spacial score (nSPS) is 24.3. The summed E-state index contributed by atoms with van der Waals surface area (Å²) in [5.41, 5.74) is 7.49. The van der Waals surface area contributed by atoms with Crippen LogP contribution in [0.2, 0.25) is 0 Å². The molecule has 0 spiro atoms. The SMILES string of the molecule is NC(=S)c1ccccc1NC1CCCCCC1O. The molecule has 1 aromatic rings. The van der Waals surface area contributed by atoms with Crippen molar-refractivity contribution < 1.29 is 5.11 Å². The summed E-state index contributed by atoms with van der Waals surface area (Å²) < 4.78 is 0. The van der Waals surface area contributed by atoms with Crippen molar-refractivity contribution in [3.63, 3.8) is 0 Å². The second-order valence-electron chi connectivity index (χ2n) is 4.87. The van der Waals surface area contributed by atoms with Crippen LogP contribution in [0.1, 0.15) is 37.7 Å². The van der Waals surface area contributed by atoms with Gasteiger partial charge in [-0.1, -0.05) is 43.6 Å². The van der Waals surface area contributed by atoms with E-state index >= 15 is 0 Å². The van der Waals surface area contributed by atoms with Gasteiger partial charge in [-0.05, 0) is 25.0 Å². The average molecular weight is 264 g/mol. The quantitative estimate of drug-likeness (QED) is 0.580. The molecule has 18 heavy (non-hydrogen) atoms. The molecule has 1 aliphatic carbocycles. The fourth-order valence-electron chi connectivity index (χ4n) is 2.48. The Balaban J connectivity index is 2.14. The Kier molecular flexibility index (Phi) is 4.55. The number of aliphatic hydroxyl groups is 1. The lowest BCUT2D eigenvalue weighted by molar-refractivity contribution is 0.144. The van der Waals surface area contributed by atoms with E-state index < -0.39 is 0 Å². The van der Waals surface area contributed by atoms with Gasteiger partial charge in [-0.15, -0.1) is 0 Å². The Bertz CT molecular complexity index is 422. The first-order valence-corrected chi connectivity index (χ1v) is 6.93. The zero-order valence-corrected chi connectivity index (χ0v) is 11.2. The predicted octanol–water partition coefficient (Wildman–Crippen LogP) is 2.43. The van der Waals surface area contributed by atoms with E-state index in [0.29, 0.717) is 4.99 Å². The molecule has 98 valence electrons. The Hall–Kier alpha value is -1.13. The topological polar surface area (TPSA) is 58.3 Å². The molecule has 2 unspecified atom stereocenters. The van der Waals surface area contributed by atoms with Gasteiger partial charge in [-0.3, -0.25) is 0 Å². The Morgan fingerprint density at radius 2 is 1.94 bits per heavy atom. The van der Waals surface area contributed by atoms with E-state index in [9.17, 15) is 5.11 Å². The summed E-state index contributed by atoms with van der Waals surface area (Å²) in [6.45, 7) is 0. The molecule has 0 heterocycles. The molecule has 0 saturated heterocycles. The van der Waals surface area contributed by atoms with Crippen molar-refractivity contribution in [2.75, 3.05) is 5.32 Å². The fraction of sp³-hybridized carbons (Fsp3) is 0.500. The fourth-order valence-corrected chi connectivity index (χ4v) is 2.66. The average Bonchev–Trinajstić information content (AvgIpc) is 2.55. The van der Waals surface area contributed by atoms with E-state index in [1.807, 2.05) is 24.3 Å². The molecular formula is C14H20N2OS. The summed E-state index contributed by atoms with van der Waals surface area (Å²) in [4.78, 5) is 0.390. The van der Waals surface area contributed by atoms with Crippen LogP contribution in [0, 0.1) is 0 Å². The summed E-state index contributed by atoms with van der Waals surface area (Å²) >= 11 is 5.05. The van der Waals surface area contributed by atoms with Gasteiger partial charge >= 0.3 is 0 Å². The molecule has 0 bridgehead atoms. The first-order valence-electron chi connectivity index (χ1n) is 6.52. The van der Waals surface area contributed by atoms with Crippen molar-refractivity contribution in [1.29, 1.82) is 0 Å². The molecule has 0 aromatic heterocycles. The van der Waals surface area contributed by atoms with Crippen molar-refractivity contribution in [1.82, 2.24) is 0 Å². The summed E-state index contributed by atoms with van der Waals surface area (Å²) in [6.07, 6.45) is 5.04. The van der Waals surface area contributed by atoms with Crippen molar-refractivity contribution in [3.8, 4) is 0 Å². The number of aliphatic hydroxyl groups excluding tert-OH is 1. The summed E-state index contributed by atoms with van der Waals surface area (Å²) in [5.74, 6) is 0. The second kappa shape index (κ2) is 6.16. The van der Waals surface area contributed by atoms with Gasteiger partial charge in [0, 0.05) is 11.3 Å². The smallest absolute Gasteiger partial charge is 0.106 e. The highest BCUT2D eigenvalue weighted by molar-refractivity contribution is 7.80. The molecule has 0 radical (unpaired) electrons. The maximum atomic E-state index is 10.1. The zero-order chi connectivity index (χ0) is 13.0. The summed E-state index contributed by atoms with van der Waals surface area (Å²) in [6, 6.07) is 7.85. The van der Waals surface area contributed by atoms with Crippen LogP contribution >= 0.6 is 12.2 Å². The number of hydrogen-bond donors (Lipinski definition) is 3. The number of rotatable bonds is 3. The highest BCUT2D eigenvalue weighted by Crippen LogP contribution is 2.23. The van der Waals surface area contributed by atoms with E-state index in [1.54, 1.807) is 0 Å². The van der Waals surface area contributed by atoms with Crippen LogP contribution in [0.5, 0.6) is 0 Å². The van der Waals surface area contributed by atoms with Gasteiger partial charge < -0.3 is 16.2 Å². The van der Waals surface area contributed by atoms with E-state index in [-0.39, 0.29) is 12.1 Å². The van der Waals surface area contributed by atoms with Crippen LogP contribution in [0.4, 0.5) is 5.69 Å². The van der Waals surface area contributed by atoms with Crippen LogP contribution in [-0.2, 0) is 0 Å². The minimum atomic E-state index is -0.285. The van der Waals surface area contributed by atoms with Crippen LogP contribution in [0.3, 0.4) is 0 Å². The molecule has 2 atom stereocenters. The maximum absolute atomic E-state index is 10.1. The monoisotopic (exact) mass is 264 g/mol. The Labute approximate surface area is 113 Å². The third-order valence-corrected chi connectivity index (χ3v) is 3.73. The van der Waals surface area contributed by atoms with Gasteiger partial charge in [0.05, 0.1) is 12.1 Å². The van der Waals surface area contributed by atoms with Crippen LogP contribution in [0.15, 0.2) is 24.3 Å². The van der Waals surface area contributed by atoms with E-state index in [4.69, 9.17) is 18.0 Å². The van der Waals surface area contributed by atoms with Gasteiger partial charge in [0.2, 0.25) is 0 Å². The molecule has 2 rings (SSSR count). The van der Waals surface area contributed by atoms with Crippen molar-refractivity contribution in [2.24, 2.45) is 5.73 Å². The van der Waals surface area contributed by atoms with Crippen LogP contribution in [-0.4, -0.2) is 22.2 Å². The minimum absolute atomic E-state index is 0.1000. The molecule has 1 aliphatic rings. The second-order valence-corrected chi connectivity index (χ2v) is 5.31. The van der Waals surface area contributed by atoms with E-state index in [0.717, 1.165) is 36.9 Å². The molecule has 0 amide bonds. The lowest BCUT2D eigenvalue weighted by atomic mass is 10.0. The number of nitrogens with two attached hydrogens (primary N) is 1. The lowest BCUT2D eigenvalue weighted by Crippen LogP contribution is -2.33. The number of para-hydroxylation sites is 1. The van der Waals surface area contributed by atoms with Gasteiger partial charge in [-0.25, -0.2) is 0 Å². The number of benzene rings is 1. The van der Waals surface area contributed by atoms with Crippen LogP contribution < -0.4 is 11.1 Å². The van der Waals surface area contributed by atoms with E-state index in [2.05, 4.69) is 5.32 Å². The highest BCUT2D eigenvalue weighted by atomic mass is 32.1. The first kappa shape index (κ1) is 13.3. The van der Waals surface area contributed by atoms with Crippen LogP contribution in [0.25, 0.3) is 0 Å². The van der Waals surface area contributed by atoms with E-state index in [1.165, 1.54) is 6.42 Å². The van der Waals surface area contributed by atoms with Gasteiger partial charge in [0.1, 0.15) is 4.99 Å². The Morgan fingerprint density at radius 3 is 2.72 bits per heavy atom. The Morgan fingerprint density at radius 1 is 1.22 bits per heavy atom. The van der Waals surface area contributed by atoms with Gasteiger partial charge in [0.15, 0.2) is 0 Å². The lowest BCUT2D eigenvalue weighted by Gasteiger charge is -2.24. The van der Waals surface area contributed by atoms with Gasteiger partial charge in [-0.2, -0.15) is 0 Å². The summed E-state index contributed by atoms with van der Waals surface area (Å²) in [5, 5.41) is 13.5. The number of thiocarbonyl (C=S) groups is 1. The third kappa shape index (κ3) is 3.21. The van der Waals surface area contributed by atoms with Crippen molar-refractivity contribution >= 4 is 22.9 Å². The van der Waals surface area contributed by atoms with Gasteiger partial charge in [0.25, 0.3) is 0 Å². The molecule has 1 saturated carbocycles. The molecule has 3 nitrogen and oxygen atoms in total. The first-order chi connectivity index (χ1) is 8.68. The standard InChI is InChI=1S/C14H20N2OS/c15-14(18)10-6-4-5-7-11(10)16-12-8-2-1-3-9-13(12)17/h4-7,12-13,16-17H,1-3,8-9H2,(H2,15,18). The number of anilines is 1. The largest absolute Gasteiger partial charge is 0.391 e. The molecule has 4 heteroatoms. The van der Waals surface area contributed by atoms with Crippen molar-refractivity contribution in [3.05, 3.63) is 29.8 Å². The summed E-state index contributed by atoms with van der Waals surface area (Å²) in [7, 11) is 0. The van der Waals surface area contributed by atoms with Crippen molar-refractivity contribution in [2.45, 2.75) is 44.2 Å². The molecule has 1 fully saturated rings. The zero-order valence-electron chi connectivity index (χ0n) is 10.4. The molecule has 1 aromatic carbocycles. The maximum Gasteiger partial charge on any atom is 0.106 e. The minimum Gasteiger partial charge on any atom is -0.391 e. The molecule has 0 aliphatic heterocycles. The highest BCUT2D eigenvalue weighted by Gasteiger charge is 2.22.